The lowest BCUT2D eigenvalue weighted by atomic mass is 10.3. The minimum Gasteiger partial charge on any atom is -0.318 e. The molecule has 1 N–H and O–H groups in total. The van der Waals surface area contributed by atoms with Crippen LogP contribution in [-0.4, -0.2) is 20.5 Å². The molecule has 20 heavy (non-hydrogen) atoms. The van der Waals surface area contributed by atoms with Crippen LogP contribution < -0.4 is 5.32 Å². The summed E-state index contributed by atoms with van der Waals surface area (Å²) in [7, 11) is 0. The van der Waals surface area contributed by atoms with E-state index in [-0.39, 0.29) is 5.91 Å². The number of rotatable bonds is 3. The Kier molecular flexibility index (Phi) is 3.23. The van der Waals surface area contributed by atoms with Gasteiger partial charge in [-0.05, 0) is 31.2 Å². The predicted molar refractivity (Wildman–Crippen MR) is 79.4 cm³/mol. The van der Waals surface area contributed by atoms with Crippen molar-refractivity contribution >= 4 is 28.6 Å². The molecule has 0 aliphatic carbocycles. The van der Waals surface area contributed by atoms with Gasteiger partial charge in [0.2, 0.25) is 0 Å². The second kappa shape index (κ2) is 5.05. The number of nitrogens with zero attached hydrogens (tertiary/aromatic N) is 3. The zero-order valence-corrected chi connectivity index (χ0v) is 12.1. The first-order valence-corrected chi connectivity index (χ1v) is 7.21. The maximum Gasteiger partial charge on any atom is 0.265 e. The number of pyridine rings is 1. The first-order chi connectivity index (χ1) is 9.69. The molecule has 0 spiro atoms. The highest BCUT2D eigenvalue weighted by atomic mass is 32.1. The summed E-state index contributed by atoms with van der Waals surface area (Å²) in [6, 6.07) is 7.48. The molecule has 0 aromatic carbocycles. The Morgan fingerprint density at radius 3 is 2.90 bits per heavy atom. The van der Waals surface area contributed by atoms with Crippen molar-refractivity contribution in [2.75, 3.05) is 5.32 Å². The van der Waals surface area contributed by atoms with Crippen LogP contribution in [0.5, 0.6) is 0 Å². The van der Waals surface area contributed by atoms with E-state index in [1.165, 1.54) is 11.3 Å². The number of hydrogen-bond acceptors (Lipinski definition) is 4. The lowest BCUT2D eigenvalue weighted by molar-refractivity contribution is 0.103. The quantitative estimate of drug-likeness (QED) is 0.805. The zero-order chi connectivity index (χ0) is 14.1. The fourth-order valence-corrected chi connectivity index (χ4v) is 2.81. The van der Waals surface area contributed by atoms with Crippen LogP contribution in [0.25, 0.3) is 5.65 Å². The molecule has 0 aliphatic heterocycles. The van der Waals surface area contributed by atoms with Crippen molar-refractivity contribution in [3.63, 3.8) is 0 Å². The van der Waals surface area contributed by atoms with Gasteiger partial charge in [0.25, 0.3) is 5.91 Å². The SMILES string of the molecule is CCc1nnc2c(NC(=O)c3ccc(C)s3)cccn12. The molecule has 3 aromatic heterocycles. The van der Waals surface area contributed by atoms with Crippen LogP contribution in [-0.2, 0) is 6.42 Å². The van der Waals surface area contributed by atoms with Gasteiger partial charge < -0.3 is 5.32 Å². The Morgan fingerprint density at radius 1 is 1.35 bits per heavy atom. The monoisotopic (exact) mass is 286 g/mol. The Hall–Kier alpha value is -2.21. The van der Waals surface area contributed by atoms with E-state index < -0.39 is 0 Å². The number of anilines is 1. The van der Waals surface area contributed by atoms with Crippen LogP contribution >= 0.6 is 11.3 Å². The lowest BCUT2D eigenvalue weighted by Gasteiger charge is -2.05. The van der Waals surface area contributed by atoms with Gasteiger partial charge in [0, 0.05) is 17.5 Å². The average Bonchev–Trinajstić information content (AvgIpc) is 3.05. The van der Waals surface area contributed by atoms with E-state index in [2.05, 4.69) is 15.5 Å². The van der Waals surface area contributed by atoms with Crippen LogP contribution in [0.4, 0.5) is 5.69 Å². The third kappa shape index (κ3) is 2.18. The fraction of sp³-hybridized carbons (Fsp3) is 0.214. The summed E-state index contributed by atoms with van der Waals surface area (Å²) in [6.45, 7) is 4.00. The minimum absolute atomic E-state index is 0.114. The Bertz CT molecular complexity index is 774. The molecule has 5 nitrogen and oxygen atoms in total. The third-order valence-electron chi connectivity index (χ3n) is 3.03. The number of carbonyl (C=O) groups is 1. The second-order valence-electron chi connectivity index (χ2n) is 4.45. The van der Waals surface area contributed by atoms with Crippen molar-refractivity contribution in [1.82, 2.24) is 14.6 Å². The van der Waals surface area contributed by atoms with Gasteiger partial charge >= 0.3 is 0 Å². The molecule has 0 saturated heterocycles. The Morgan fingerprint density at radius 2 is 2.20 bits per heavy atom. The highest BCUT2D eigenvalue weighted by molar-refractivity contribution is 7.14. The average molecular weight is 286 g/mol. The number of aryl methyl sites for hydroxylation is 2. The molecule has 102 valence electrons. The highest BCUT2D eigenvalue weighted by Gasteiger charge is 2.12. The molecular weight excluding hydrogens is 272 g/mol. The van der Waals surface area contributed by atoms with Crippen molar-refractivity contribution in [2.45, 2.75) is 20.3 Å². The van der Waals surface area contributed by atoms with E-state index in [1.807, 2.05) is 48.7 Å². The largest absolute Gasteiger partial charge is 0.318 e. The van der Waals surface area contributed by atoms with Crippen molar-refractivity contribution in [3.05, 3.63) is 46.0 Å². The van der Waals surface area contributed by atoms with E-state index in [9.17, 15) is 4.79 Å². The smallest absolute Gasteiger partial charge is 0.265 e. The molecule has 0 bridgehead atoms. The fourth-order valence-electron chi connectivity index (χ4n) is 2.04. The molecule has 1 amide bonds. The van der Waals surface area contributed by atoms with Gasteiger partial charge in [-0.25, -0.2) is 0 Å². The number of hydrogen-bond donors (Lipinski definition) is 1. The molecule has 0 unspecified atom stereocenters. The summed E-state index contributed by atoms with van der Waals surface area (Å²) >= 11 is 1.48. The number of amides is 1. The lowest BCUT2D eigenvalue weighted by Crippen LogP contribution is -2.11. The van der Waals surface area contributed by atoms with E-state index >= 15 is 0 Å². The molecule has 3 aromatic rings. The highest BCUT2D eigenvalue weighted by Crippen LogP contribution is 2.20. The number of fused-ring (bicyclic) bond motifs is 1. The van der Waals surface area contributed by atoms with Gasteiger partial charge in [-0.3, -0.25) is 9.20 Å². The van der Waals surface area contributed by atoms with Crippen molar-refractivity contribution in [3.8, 4) is 0 Å². The van der Waals surface area contributed by atoms with Crippen molar-refractivity contribution in [2.24, 2.45) is 0 Å². The normalized spacial score (nSPS) is 10.9. The van der Waals surface area contributed by atoms with Crippen molar-refractivity contribution < 1.29 is 4.79 Å². The minimum atomic E-state index is -0.114. The summed E-state index contributed by atoms with van der Waals surface area (Å²) in [5.74, 6) is 0.764. The zero-order valence-electron chi connectivity index (χ0n) is 11.3. The first-order valence-electron chi connectivity index (χ1n) is 6.39. The van der Waals surface area contributed by atoms with Crippen LogP contribution in [0.3, 0.4) is 0 Å². The molecule has 0 atom stereocenters. The molecule has 0 fully saturated rings. The maximum absolute atomic E-state index is 12.2. The molecule has 3 rings (SSSR count). The van der Waals surface area contributed by atoms with Crippen LogP contribution in [0.2, 0.25) is 0 Å². The van der Waals surface area contributed by atoms with Gasteiger partial charge in [-0.1, -0.05) is 6.92 Å². The van der Waals surface area contributed by atoms with E-state index in [4.69, 9.17) is 0 Å². The number of nitrogens with one attached hydrogen (secondary N) is 1. The van der Waals surface area contributed by atoms with Gasteiger partial charge in [0.15, 0.2) is 5.65 Å². The van der Waals surface area contributed by atoms with Gasteiger partial charge in [-0.15, -0.1) is 21.5 Å². The molecule has 0 saturated carbocycles. The molecule has 6 heteroatoms. The van der Waals surface area contributed by atoms with Gasteiger partial charge in [-0.2, -0.15) is 0 Å². The van der Waals surface area contributed by atoms with E-state index in [0.717, 1.165) is 17.1 Å². The maximum atomic E-state index is 12.2. The van der Waals surface area contributed by atoms with Gasteiger partial charge in [0.05, 0.1) is 10.6 Å². The van der Waals surface area contributed by atoms with Crippen LogP contribution in [0.15, 0.2) is 30.5 Å². The van der Waals surface area contributed by atoms with Gasteiger partial charge in [0.1, 0.15) is 5.82 Å². The molecule has 0 radical (unpaired) electrons. The summed E-state index contributed by atoms with van der Waals surface area (Å²) in [6.07, 6.45) is 2.70. The van der Waals surface area contributed by atoms with E-state index in [0.29, 0.717) is 16.2 Å². The van der Waals surface area contributed by atoms with Crippen molar-refractivity contribution in [1.29, 1.82) is 0 Å². The molecule has 0 aliphatic rings. The number of aromatic nitrogens is 3. The number of thiophene rings is 1. The summed E-state index contributed by atoms with van der Waals surface area (Å²) in [5.41, 5.74) is 1.35. The van der Waals surface area contributed by atoms with Crippen LogP contribution in [0, 0.1) is 6.92 Å². The van der Waals surface area contributed by atoms with Crippen LogP contribution in [0.1, 0.15) is 27.3 Å². The summed E-state index contributed by atoms with van der Waals surface area (Å²) in [4.78, 5) is 14.0. The van der Waals surface area contributed by atoms with E-state index in [1.54, 1.807) is 0 Å². The first kappa shape index (κ1) is 12.8. The Labute approximate surface area is 120 Å². The summed E-state index contributed by atoms with van der Waals surface area (Å²) in [5, 5.41) is 11.2. The number of carbonyl (C=O) groups excluding carboxylic acids is 1. The Balaban J connectivity index is 1.95. The molecule has 3 heterocycles. The summed E-state index contributed by atoms with van der Waals surface area (Å²) < 4.78 is 1.90. The standard InChI is InChI=1S/C14H14N4OS/c1-3-12-16-17-13-10(5-4-8-18(12)13)15-14(19)11-7-6-9(2)20-11/h4-8H,3H2,1-2H3,(H,15,19). The molecular formula is C14H14N4OS. The second-order valence-corrected chi connectivity index (χ2v) is 5.74. The third-order valence-corrected chi connectivity index (χ3v) is 4.03. The topological polar surface area (TPSA) is 59.3 Å². The predicted octanol–water partition coefficient (Wildman–Crippen LogP) is 2.91.